The van der Waals surface area contributed by atoms with E-state index in [1.807, 2.05) is 13.8 Å². The number of carbonyl (C=O) groups excluding carboxylic acids is 2. The van der Waals surface area contributed by atoms with Gasteiger partial charge in [-0.05, 0) is 5.92 Å². The second kappa shape index (κ2) is 7.00. The Morgan fingerprint density at radius 3 is 2.88 bits per heavy atom. The minimum atomic E-state index is -0.338. The average molecular weight is 334 g/mol. The molecule has 0 bridgehead atoms. The minimum absolute atomic E-state index is 0.0270. The number of rotatable bonds is 4. The molecule has 1 fully saturated rings. The molecule has 9 nitrogen and oxygen atoms in total. The molecule has 1 aromatic heterocycles. The van der Waals surface area contributed by atoms with Crippen LogP contribution < -0.4 is 16.0 Å². The summed E-state index contributed by atoms with van der Waals surface area (Å²) in [4.78, 5) is 34.5. The molecule has 1 atom stereocenters. The van der Waals surface area contributed by atoms with E-state index < -0.39 is 0 Å². The number of fused-ring (bicyclic) bond motifs is 1. The Bertz CT molecular complexity index is 630. The topological polar surface area (TPSA) is 108 Å². The van der Waals surface area contributed by atoms with Crippen LogP contribution in [-0.4, -0.2) is 65.6 Å². The molecule has 0 saturated carbocycles. The van der Waals surface area contributed by atoms with Crippen LogP contribution in [0.2, 0.25) is 0 Å². The summed E-state index contributed by atoms with van der Waals surface area (Å²) < 4.78 is 5.24. The van der Waals surface area contributed by atoms with E-state index in [1.165, 1.54) is 6.33 Å². The van der Waals surface area contributed by atoms with Crippen molar-refractivity contribution < 1.29 is 14.3 Å². The fourth-order valence-corrected chi connectivity index (χ4v) is 2.71. The van der Waals surface area contributed by atoms with Crippen molar-refractivity contribution in [2.75, 3.05) is 48.8 Å². The number of aromatic nitrogens is 2. The van der Waals surface area contributed by atoms with Gasteiger partial charge in [0.2, 0.25) is 11.8 Å². The maximum atomic E-state index is 12.2. The number of hydrogen-bond acceptors (Lipinski definition) is 7. The first-order chi connectivity index (χ1) is 11.6. The molecule has 0 aliphatic carbocycles. The summed E-state index contributed by atoms with van der Waals surface area (Å²) in [5, 5.41) is 8.95. The van der Waals surface area contributed by atoms with Gasteiger partial charge in [0.15, 0.2) is 11.6 Å². The van der Waals surface area contributed by atoms with E-state index in [0.29, 0.717) is 43.6 Å². The molecule has 3 rings (SSSR count). The smallest absolute Gasteiger partial charge is 0.247 e. The molecule has 0 spiro atoms. The number of carbonyl (C=O) groups is 2. The van der Waals surface area contributed by atoms with Gasteiger partial charge in [-0.2, -0.15) is 0 Å². The third kappa shape index (κ3) is 3.40. The molecule has 1 aromatic rings. The van der Waals surface area contributed by atoms with E-state index in [4.69, 9.17) is 4.74 Å². The maximum Gasteiger partial charge on any atom is 0.247 e. The van der Waals surface area contributed by atoms with E-state index in [-0.39, 0.29) is 30.3 Å². The summed E-state index contributed by atoms with van der Waals surface area (Å²) in [5.74, 6) is 0.970. The monoisotopic (exact) mass is 334 g/mol. The van der Waals surface area contributed by atoms with Gasteiger partial charge in [0, 0.05) is 13.1 Å². The van der Waals surface area contributed by atoms with Crippen LogP contribution in [-0.2, 0) is 14.3 Å². The average Bonchev–Trinajstić information content (AvgIpc) is 2.59. The van der Waals surface area contributed by atoms with Gasteiger partial charge in [-0.25, -0.2) is 9.97 Å². The summed E-state index contributed by atoms with van der Waals surface area (Å²) in [6.07, 6.45) is 1.41. The van der Waals surface area contributed by atoms with Crippen LogP contribution in [0, 0.1) is 5.92 Å². The first kappa shape index (κ1) is 16.4. The molecule has 3 N–H and O–H groups in total. The second-order valence-corrected chi connectivity index (χ2v) is 6.15. The van der Waals surface area contributed by atoms with Crippen LogP contribution in [0.3, 0.4) is 0 Å². The zero-order valence-corrected chi connectivity index (χ0v) is 13.8. The van der Waals surface area contributed by atoms with Gasteiger partial charge in [0.25, 0.3) is 0 Å². The van der Waals surface area contributed by atoms with E-state index in [1.54, 1.807) is 4.90 Å². The van der Waals surface area contributed by atoms with Crippen LogP contribution in [0.1, 0.15) is 13.8 Å². The van der Waals surface area contributed by atoms with Gasteiger partial charge in [0.1, 0.15) is 18.1 Å². The highest BCUT2D eigenvalue weighted by Crippen LogP contribution is 2.31. The van der Waals surface area contributed by atoms with Gasteiger partial charge in [-0.3, -0.25) is 9.59 Å². The Hall–Kier alpha value is -2.42. The Balaban J connectivity index is 1.68. The number of ether oxygens (including phenoxy) is 1. The van der Waals surface area contributed by atoms with Crippen LogP contribution in [0.25, 0.3) is 0 Å². The lowest BCUT2D eigenvalue weighted by molar-refractivity contribution is -0.133. The van der Waals surface area contributed by atoms with Crippen molar-refractivity contribution in [2.45, 2.75) is 19.9 Å². The molecule has 2 amide bonds. The van der Waals surface area contributed by atoms with E-state index in [2.05, 4.69) is 25.9 Å². The fourth-order valence-electron chi connectivity index (χ4n) is 2.71. The van der Waals surface area contributed by atoms with Crippen molar-refractivity contribution in [3.8, 4) is 0 Å². The van der Waals surface area contributed by atoms with Crippen molar-refractivity contribution in [3.05, 3.63) is 6.33 Å². The molecule has 2 aliphatic heterocycles. The lowest BCUT2D eigenvalue weighted by Crippen LogP contribution is -2.44. The van der Waals surface area contributed by atoms with Crippen molar-refractivity contribution in [1.82, 2.24) is 14.9 Å². The molecule has 3 heterocycles. The summed E-state index contributed by atoms with van der Waals surface area (Å²) >= 11 is 0. The molecule has 130 valence electrons. The van der Waals surface area contributed by atoms with Gasteiger partial charge in [-0.1, -0.05) is 13.8 Å². The predicted octanol–water partition coefficient (Wildman–Crippen LogP) is 0.136. The summed E-state index contributed by atoms with van der Waals surface area (Å²) in [5.41, 5.74) is 0.481. The van der Waals surface area contributed by atoms with Crippen molar-refractivity contribution >= 4 is 29.1 Å². The first-order valence-electron chi connectivity index (χ1n) is 8.08. The molecule has 2 aliphatic rings. The number of amides is 2. The maximum absolute atomic E-state index is 12.2. The number of hydrogen-bond donors (Lipinski definition) is 3. The normalized spacial score (nSPS) is 20.2. The molecule has 0 aromatic carbocycles. The van der Waals surface area contributed by atoms with Crippen LogP contribution >= 0.6 is 0 Å². The molecule has 0 radical (unpaired) electrons. The third-order valence-electron chi connectivity index (χ3n) is 4.11. The van der Waals surface area contributed by atoms with Gasteiger partial charge in [0.05, 0.1) is 19.8 Å². The lowest BCUT2D eigenvalue weighted by Gasteiger charge is -2.29. The fraction of sp³-hybridized carbons (Fsp3) is 0.600. The zero-order valence-electron chi connectivity index (χ0n) is 13.8. The highest BCUT2D eigenvalue weighted by atomic mass is 16.5. The molecular weight excluding hydrogens is 312 g/mol. The first-order valence-corrected chi connectivity index (χ1v) is 8.08. The van der Waals surface area contributed by atoms with E-state index in [0.717, 1.165) is 0 Å². The van der Waals surface area contributed by atoms with Crippen LogP contribution in [0.15, 0.2) is 6.33 Å². The van der Waals surface area contributed by atoms with Crippen molar-refractivity contribution in [3.63, 3.8) is 0 Å². The number of anilines is 3. The van der Waals surface area contributed by atoms with Gasteiger partial charge in [-0.15, -0.1) is 0 Å². The van der Waals surface area contributed by atoms with Crippen LogP contribution in [0.5, 0.6) is 0 Å². The Morgan fingerprint density at radius 1 is 1.42 bits per heavy atom. The second-order valence-electron chi connectivity index (χ2n) is 6.15. The lowest BCUT2D eigenvalue weighted by atomic mass is 10.0. The number of nitrogens with zero attached hydrogens (tertiary/aromatic N) is 3. The molecule has 1 saturated heterocycles. The van der Waals surface area contributed by atoms with E-state index >= 15 is 0 Å². The molecule has 24 heavy (non-hydrogen) atoms. The predicted molar refractivity (Wildman–Crippen MR) is 88.8 cm³/mol. The highest BCUT2D eigenvalue weighted by molar-refractivity contribution is 6.05. The minimum Gasteiger partial charge on any atom is -0.378 e. The highest BCUT2D eigenvalue weighted by Gasteiger charge is 2.30. The van der Waals surface area contributed by atoms with Crippen molar-refractivity contribution in [2.24, 2.45) is 5.92 Å². The SMILES string of the molecule is CC(C)C1Nc2ncnc(NCC(=O)N3CCOCC3)c2NC1=O. The standard InChI is InChI=1S/C15H22N6O3/c1-9(2)11-15(23)20-12-13(17-8-18-14(12)19-11)16-7-10(22)21-3-5-24-6-4-21/h8-9,11H,3-7H2,1-2H3,(H,20,23)(H2,16,17,18,19). The molecular formula is C15H22N6O3. The Kier molecular flexibility index (Phi) is 4.79. The van der Waals surface area contributed by atoms with Gasteiger partial charge < -0.3 is 25.6 Å². The molecule has 1 unspecified atom stereocenters. The van der Waals surface area contributed by atoms with Crippen molar-refractivity contribution in [1.29, 1.82) is 0 Å². The number of morpholine rings is 1. The summed E-state index contributed by atoms with van der Waals surface area (Å²) in [6.45, 7) is 6.34. The van der Waals surface area contributed by atoms with Gasteiger partial charge >= 0.3 is 0 Å². The summed E-state index contributed by atoms with van der Waals surface area (Å²) in [7, 11) is 0. The largest absolute Gasteiger partial charge is 0.378 e. The summed E-state index contributed by atoms with van der Waals surface area (Å²) in [6, 6.07) is -0.338. The quantitative estimate of drug-likeness (QED) is 0.718. The van der Waals surface area contributed by atoms with E-state index in [9.17, 15) is 9.59 Å². The zero-order chi connectivity index (χ0) is 17.1. The number of nitrogens with one attached hydrogen (secondary N) is 3. The third-order valence-corrected chi connectivity index (χ3v) is 4.11. The Morgan fingerprint density at radius 2 is 2.17 bits per heavy atom. The van der Waals surface area contributed by atoms with Crippen LogP contribution in [0.4, 0.5) is 17.3 Å². The Labute approximate surface area is 140 Å². The molecule has 9 heteroatoms.